The van der Waals surface area contributed by atoms with Crippen molar-refractivity contribution in [3.05, 3.63) is 34.5 Å². The van der Waals surface area contributed by atoms with Crippen molar-refractivity contribution in [2.24, 2.45) is 0 Å². The third-order valence-electron chi connectivity index (χ3n) is 3.96. The minimum absolute atomic E-state index is 0. The maximum atomic E-state index is 11.2. The van der Waals surface area contributed by atoms with E-state index in [0.29, 0.717) is 12.0 Å². The zero-order chi connectivity index (χ0) is 15.4. The number of nitrogens with one attached hydrogen (secondary N) is 1. The molecule has 0 fully saturated rings. The number of unbranched alkanes of at least 4 members (excludes halogenated alkanes) is 2. The van der Waals surface area contributed by atoms with Crippen LogP contribution in [-0.2, 0) is 12.8 Å². The number of H-pyrrole nitrogens is 1. The van der Waals surface area contributed by atoms with Gasteiger partial charge >= 0.3 is 65.1 Å². The van der Waals surface area contributed by atoms with Crippen LogP contribution in [0.15, 0.2) is 12.1 Å². The molecule has 1 aromatic carbocycles. The van der Waals surface area contributed by atoms with Gasteiger partial charge in [0.25, 0.3) is 0 Å². The molecule has 0 saturated heterocycles. The summed E-state index contributed by atoms with van der Waals surface area (Å²) in [6.45, 7) is 4.09. The second kappa shape index (κ2) is 10.9. The first kappa shape index (κ1) is 23.2. The number of aliphatic hydroxyl groups excluding tert-OH is 1. The first-order valence-electron chi connectivity index (χ1n) is 7.56. The molecule has 0 radical (unpaired) electrons. The molecule has 0 aliphatic rings. The van der Waals surface area contributed by atoms with E-state index in [9.17, 15) is 15.0 Å². The minimum atomic E-state index is -0.903. The van der Waals surface area contributed by atoms with Gasteiger partial charge in [0, 0.05) is 23.2 Å². The van der Waals surface area contributed by atoms with Crippen molar-refractivity contribution in [2.45, 2.75) is 46.0 Å². The number of aryl methyl sites for hydroxylation is 2. The number of hydrogen-bond donors (Lipinski definition) is 3. The number of aliphatic hydroxyl groups is 1. The Morgan fingerprint density at radius 1 is 1.22 bits per heavy atom. The predicted molar refractivity (Wildman–Crippen MR) is 86.2 cm³/mol. The number of carboxylic acid groups (broad SMARTS) is 1. The fourth-order valence-corrected chi connectivity index (χ4v) is 2.85. The first-order valence-corrected chi connectivity index (χ1v) is 7.56. The summed E-state index contributed by atoms with van der Waals surface area (Å²) >= 11 is 0. The van der Waals surface area contributed by atoms with Gasteiger partial charge in [0.2, 0.25) is 0 Å². The molecule has 0 spiro atoms. The quantitative estimate of drug-likeness (QED) is 0.392. The Balaban J connectivity index is -0.00000121. The van der Waals surface area contributed by atoms with Crippen molar-refractivity contribution < 1.29 is 77.0 Å². The fraction of sp³-hybridized carbons (Fsp3) is 0.471. The summed E-state index contributed by atoms with van der Waals surface area (Å²) in [5.74, 6) is -0.903. The zero-order valence-corrected chi connectivity index (χ0v) is 18.7. The number of aromatic nitrogens is 1. The van der Waals surface area contributed by atoms with E-state index in [2.05, 4.69) is 11.9 Å². The van der Waals surface area contributed by atoms with Crippen LogP contribution in [0, 0.1) is 6.92 Å². The summed E-state index contributed by atoms with van der Waals surface area (Å²) in [4.78, 5) is 14.6. The molecule has 6 heteroatoms. The Morgan fingerprint density at radius 2 is 1.91 bits per heavy atom. The number of benzene rings is 1. The number of aromatic amines is 1. The van der Waals surface area contributed by atoms with E-state index in [4.69, 9.17) is 0 Å². The van der Waals surface area contributed by atoms with Crippen LogP contribution in [0.2, 0.25) is 0 Å². The maximum Gasteiger partial charge on any atom is 1.00 e. The van der Waals surface area contributed by atoms with Crippen LogP contribution in [0.5, 0.6) is 0 Å². The second-order valence-electron chi connectivity index (χ2n) is 5.53. The van der Waals surface area contributed by atoms with Crippen LogP contribution < -0.4 is 59.1 Å². The normalized spacial score (nSPS) is 10.2. The summed E-state index contributed by atoms with van der Waals surface area (Å²) < 4.78 is 0. The Hall–Kier alpha value is 0.190. The Kier molecular flexibility index (Phi) is 11.0. The molecule has 0 aliphatic heterocycles. The van der Waals surface area contributed by atoms with Crippen molar-refractivity contribution in [2.75, 3.05) is 6.61 Å². The van der Waals surface area contributed by atoms with Crippen LogP contribution in [0.25, 0.3) is 10.9 Å². The maximum absolute atomic E-state index is 11.2. The van der Waals surface area contributed by atoms with E-state index in [1.54, 1.807) is 6.07 Å². The molecule has 1 aromatic heterocycles. The summed E-state index contributed by atoms with van der Waals surface area (Å²) in [5, 5.41) is 19.6. The van der Waals surface area contributed by atoms with Crippen molar-refractivity contribution in [1.82, 2.24) is 4.98 Å². The minimum Gasteiger partial charge on any atom is -1.00 e. The van der Waals surface area contributed by atoms with Gasteiger partial charge in [0.1, 0.15) is 0 Å². The van der Waals surface area contributed by atoms with Crippen LogP contribution in [0.1, 0.15) is 56.2 Å². The SMILES string of the molecule is CCCCCc1[nH]c2cc(C(=O)O)c(C)cc2c1CCO.[H-].[H-].[Na+].[Na+]. The van der Waals surface area contributed by atoms with E-state index < -0.39 is 5.97 Å². The van der Waals surface area contributed by atoms with Crippen molar-refractivity contribution in [1.29, 1.82) is 0 Å². The number of hydrogen-bond acceptors (Lipinski definition) is 2. The molecule has 0 aliphatic carbocycles. The molecule has 118 valence electrons. The van der Waals surface area contributed by atoms with E-state index in [1.807, 2.05) is 13.0 Å². The molecule has 3 N–H and O–H groups in total. The van der Waals surface area contributed by atoms with Crippen molar-refractivity contribution in [3.63, 3.8) is 0 Å². The molecule has 2 aromatic rings. The van der Waals surface area contributed by atoms with Gasteiger partial charge in [-0.15, -0.1) is 0 Å². The molecule has 2 rings (SSSR count). The van der Waals surface area contributed by atoms with Crippen LogP contribution in [0.4, 0.5) is 0 Å². The van der Waals surface area contributed by atoms with Gasteiger partial charge in [-0.1, -0.05) is 19.8 Å². The average Bonchev–Trinajstić information content (AvgIpc) is 2.76. The molecular weight excluding hydrogens is 312 g/mol. The number of carboxylic acids is 1. The van der Waals surface area contributed by atoms with Gasteiger partial charge < -0.3 is 18.1 Å². The van der Waals surface area contributed by atoms with Crippen LogP contribution in [-0.4, -0.2) is 27.8 Å². The van der Waals surface area contributed by atoms with Gasteiger partial charge in [-0.2, -0.15) is 0 Å². The number of fused-ring (bicyclic) bond motifs is 1. The standard InChI is InChI=1S/C17H23NO3.2Na.2H/c1-3-4-5-6-15-12(7-8-19)14-9-11(2)13(17(20)21)10-16(14)18-15;;;;/h9-10,18-19H,3-8H2,1-2H3,(H,20,21);;;;/q;2*+1;2*-1. The number of carbonyl (C=O) groups is 1. The van der Waals surface area contributed by atoms with Gasteiger partial charge in [-0.25, -0.2) is 4.79 Å². The van der Waals surface area contributed by atoms with E-state index in [1.165, 1.54) is 6.42 Å². The molecular formula is C17H25NNa2O3. The average molecular weight is 337 g/mol. The topological polar surface area (TPSA) is 73.3 Å². The third-order valence-corrected chi connectivity index (χ3v) is 3.96. The summed E-state index contributed by atoms with van der Waals surface area (Å²) in [5.41, 5.74) is 4.21. The zero-order valence-electron chi connectivity index (χ0n) is 16.7. The number of aromatic carboxylic acids is 1. The summed E-state index contributed by atoms with van der Waals surface area (Å²) in [6.07, 6.45) is 4.99. The van der Waals surface area contributed by atoms with Gasteiger partial charge in [0.05, 0.1) is 5.56 Å². The Morgan fingerprint density at radius 3 is 2.48 bits per heavy atom. The van der Waals surface area contributed by atoms with Gasteiger partial charge in [-0.05, 0) is 49.4 Å². The number of rotatable bonds is 7. The largest absolute Gasteiger partial charge is 1.00 e. The molecule has 0 bridgehead atoms. The van der Waals surface area contributed by atoms with Crippen molar-refractivity contribution >= 4 is 16.9 Å². The molecule has 0 atom stereocenters. The van der Waals surface area contributed by atoms with E-state index >= 15 is 0 Å². The van der Waals surface area contributed by atoms with Crippen LogP contribution >= 0.6 is 0 Å². The summed E-state index contributed by atoms with van der Waals surface area (Å²) in [6, 6.07) is 3.63. The Labute approximate surface area is 184 Å². The first-order chi connectivity index (χ1) is 10.1. The molecule has 0 saturated carbocycles. The van der Waals surface area contributed by atoms with Crippen LogP contribution in [0.3, 0.4) is 0 Å². The molecule has 1 heterocycles. The molecule has 4 nitrogen and oxygen atoms in total. The van der Waals surface area contributed by atoms with E-state index in [0.717, 1.165) is 47.0 Å². The third kappa shape index (κ3) is 5.60. The smallest absolute Gasteiger partial charge is 1.00 e. The Bertz CT molecular complexity index is 663. The molecule has 23 heavy (non-hydrogen) atoms. The van der Waals surface area contributed by atoms with Gasteiger partial charge in [-0.3, -0.25) is 0 Å². The molecule has 0 unspecified atom stereocenters. The van der Waals surface area contributed by atoms with Crippen molar-refractivity contribution in [3.8, 4) is 0 Å². The predicted octanol–water partition coefficient (Wildman–Crippen LogP) is -2.32. The monoisotopic (exact) mass is 337 g/mol. The molecule has 0 amide bonds. The van der Waals surface area contributed by atoms with E-state index in [-0.39, 0.29) is 68.6 Å². The second-order valence-corrected chi connectivity index (χ2v) is 5.53. The summed E-state index contributed by atoms with van der Waals surface area (Å²) in [7, 11) is 0. The van der Waals surface area contributed by atoms with Gasteiger partial charge in [0.15, 0.2) is 0 Å². The fourth-order valence-electron chi connectivity index (χ4n) is 2.85.